The van der Waals surface area contributed by atoms with Crippen molar-refractivity contribution in [2.75, 3.05) is 11.1 Å². The van der Waals surface area contributed by atoms with Crippen LogP contribution in [0.2, 0.25) is 5.02 Å². The SMILES string of the molecule is O=Cc1nc(C2CC2)nc(N[C@H](C=O)CSc2ccccc2)c1Cl. The number of hydrogen-bond donors (Lipinski definition) is 1. The van der Waals surface area contributed by atoms with Crippen LogP contribution in [0, 0.1) is 0 Å². The van der Waals surface area contributed by atoms with Crippen LogP contribution in [-0.4, -0.2) is 34.3 Å². The van der Waals surface area contributed by atoms with Crippen LogP contribution in [-0.2, 0) is 4.79 Å². The van der Waals surface area contributed by atoms with Crippen molar-refractivity contribution in [3.05, 3.63) is 46.9 Å². The maximum absolute atomic E-state index is 11.4. The molecular formula is C17H16ClN3O2S. The van der Waals surface area contributed by atoms with Crippen molar-refractivity contribution in [2.24, 2.45) is 0 Å². The Morgan fingerprint density at radius 2 is 2.00 bits per heavy atom. The van der Waals surface area contributed by atoms with Gasteiger partial charge < -0.3 is 10.1 Å². The molecule has 0 radical (unpaired) electrons. The Kier molecular flexibility index (Phi) is 5.48. The summed E-state index contributed by atoms with van der Waals surface area (Å²) in [7, 11) is 0. The molecule has 3 rings (SSSR count). The summed E-state index contributed by atoms with van der Waals surface area (Å²) in [6.07, 6.45) is 3.47. The maximum atomic E-state index is 11.4. The summed E-state index contributed by atoms with van der Waals surface area (Å²) in [5.41, 5.74) is 0.163. The van der Waals surface area contributed by atoms with Crippen molar-refractivity contribution in [2.45, 2.75) is 29.7 Å². The molecule has 0 amide bonds. The Labute approximate surface area is 149 Å². The molecule has 2 aromatic rings. The molecule has 124 valence electrons. The fourth-order valence-corrected chi connectivity index (χ4v) is 3.24. The Morgan fingerprint density at radius 3 is 2.62 bits per heavy atom. The summed E-state index contributed by atoms with van der Waals surface area (Å²) < 4.78 is 0. The Hall–Kier alpha value is -1.92. The van der Waals surface area contributed by atoms with E-state index >= 15 is 0 Å². The molecule has 1 fully saturated rings. The molecule has 0 spiro atoms. The number of carbonyl (C=O) groups is 2. The highest BCUT2D eigenvalue weighted by Crippen LogP contribution is 2.39. The zero-order valence-corrected chi connectivity index (χ0v) is 14.4. The second-order valence-electron chi connectivity index (χ2n) is 5.53. The molecule has 1 aliphatic rings. The molecule has 0 saturated heterocycles. The Morgan fingerprint density at radius 1 is 1.25 bits per heavy atom. The molecule has 5 nitrogen and oxygen atoms in total. The van der Waals surface area contributed by atoms with Crippen LogP contribution in [0.3, 0.4) is 0 Å². The first-order valence-corrected chi connectivity index (χ1v) is 9.00. The van der Waals surface area contributed by atoms with Gasteiger partial charge in [-0.25, -0.2) is 9.97 Å². The average Bonchev–Trinajstić information content (AvgIpc) is 3.46. The van der Waals surface area contributed by atoms with Crippen LogP contribution in [0.4, 0.5) is 5.82 Å². The minimum Gasteiger partial charge on any atom is -0.358 e. The number of rotatable bonds is 8. The second kappa shape index (κ2) is 7.77. The van der Waals surface area contributed by atoms with Crippen molar-refractivity contribution < 1.29 is 9.59 Å². The molecule has 0 bridgehead atoms. The van der Waals surface area contributed by atoms with Crippen molar-refractivity contribution >= 4 is 41.8 Å². The lowest BCUT2D eigenvalue weighted by Crippen LogP contribution is -2.25. The number of hydrogen-bond acceptors (Lipinski definition) is 6. The topological polar surface area (TPSA) is 72.0 Å². The van der Waals surface area contributed by atoms with Gasteiger partial charge >= 0.3 is 0 Å². The van der Waals surface area contributed by atoms with E-state index in [1.807, 2.05) is 30.3 Å². The summed E-state index contributed by atoms with van der Waals surface area (Å²) in [5, 5.41) is 3.19. The third-order valence-electron chi connectivity index (χ3n) is 3.61. The van der Waals surface area contributed by atoms with E-state index in [2.05, 4.69) is 15.3 Å². The molecule has 1 atom stereocenters. The fraction of sp³-hybridized carbons (Fsp3) is 0.294. The van der Waals surface area contributed by atoms with Gasteiger partial charge in [-0.15, -0.1) is 11.8 Å². The van der Waals surface area contributed by atoms with Gasteiger partial charge in [0.1, 0.15) is 28.6 Å². The van der Waals surface area contributed by atoms with Crippen LogP contribution in [0.25, 0.3) is 0 Å². The molecule has 0 aliphatic heterocycles. The van der Waals surface area contributed by atoms with E-state index in [1.54, 1.807) is 11.8 Å². The van der Waals surface area contributed by atoms with Gasteiger partial charge in [0.25, 0.3) is 0 Å². The summed E-state index contributed by atoms with van der Waals surface area (Å²) in [6.45, 7) is 0. The number of aldehydes is 2. The van der Waals surface area contributed by atoms with E-state index in [1.165, 1.54) is 0 Å². The van der Waals surface area contributed by atoms with Crippen molar-refractivity contribution in [3.8, 4) is 0 Å². The van der Waals surface area contributed by atoms with Crippen LogP contribution >= 0.6 is 23.4 Å². The third kappa shape index (κ3) is 4.13. The van der Waals surface area contributed by atoms with Crippen LogP contribution < -0.4 is 5.32 Å². The Balaban J connectivity index is 1.74. The molecule has 1 saturated carbocycles. The van der Waals surface area contributed by atoms with E-state index in [0.717, 1.165) is 24.0 Å². The second-order valence-corrected chi connectivity index (χ2v) is 7.00. The van der Waals surface area contributed by atoms with Crippen LogP contribution in [0.1, 0.15) is 35.1 Å². The zero-order valence-electron chi connectivity index (χ0n) is 12.8. The minimum absolute atomic E-state index is 0.158. The normalized spacial score (nSPS) is 14.9. The van der Waals surface area contributed by atoms with Gasteiger partial charge in [-0.05, 0) is 25.0 Å². The molecular weight excluding hydrogens is 346 g/mol. The molecule has 24 heavy (non-hydrogen) atoms. The van der Waals surface area contributed by atoms with Crippen LogP contribution in [0.5, 0.6) is 0 Å². The number of anilines is 1. The van der Waals surface area contributed by atoms with Gasteiger partial charge in [-0.2, -0.15) is 0 Å². The quantitative estimate of drug-likeness (QED) is 0.572. The number of halogens is 1. The molecule has 1 aliphatic carbocycles. The predicted molar refractivity (Wildman–Crippen MR) is 95.0 cm³/mol. The minimum atomic E-state index is -0.464. The number of nitrogens with one attached hydrogen (secondary N) is 1. The molecule has 1 heterocycles. The van der Waals surface area contributed by atoms with E-state index in [4.69, 9.17) is 11.6 Å². The van der Waals surface area contributed by atoms with E-state index in [-0.39, 0.29) is 16.6 Å². The highest BCUT2D eigenvalue weighted by atomic mass is 35.5. The standard InChI is InChI=1S/C17H16ClN3O2S/c18-15-14(9-23)20-16(11-6-7-11)21-17(15)19-12(8-22)10-24-13-4-2-1-3-5-13/h1-5,8-9,11-12H,6-7,10H2,(H,19,20,21)/t12-/m1/s1. The first-order chi connectivity index (χ1) is 11.7. The van der Waals surface area contributed by atoms with Crippen LogP contribution in [0.15, 0.2) is 35.2 Å². The molecule has 0 unspecified atom stereocenters. The van der Waals surface area contributed by atoms with E-state index in [0.29, 0.717) is 23.7 Å². The largest absolute Gasteiger partial charge is 0.358 e. The monoisotopic (exact) mass is 361 g/mol. The summed E-state index contributed by atoms with van der Waals surface area (Å²) in [4.78, 5) is 32.2. The van der Waals surface area contributed by atoms with Gasteiger partial charge in [-0.1, -0.05) is 29.8 Å². The number of nitrogens with zero attached hydrogens (tertiary/aromatic N) is 2. The zero-order chi connectivity index (χ0) is 16.9. The molecule has 1 aromatic carbocycles. The number of thioether (sulfide) groups is 1. The summed E-state index contributed by atoms with van der Waals surface area (Å²) in [5.74, 6) is 1.78. The smallest absolute Gasteiger partial charge is 0.170 e. The average molecular weight is 362 g/mol. The highest BCUT2D eigenvalue weighted by Gasteiger charge is 2.28. The lowest BCUT2D eigenvalue weighted by molar-refractivity contribution is -0.108. The maximum Gasteiger partial charge on any atom is 0.170 e. The first kappa shape index (κ1) is 16.9. The molecule has 7 heteroatoms. The van der Waals surface area contributed by atoms with E-state index in [9.17, 15) is 9.59 Å². The predicted octanol–water partition coefficient (Wildman–Crippen LogP) is 3.59. The van der Waals surface area contributed by atoms with Crippen molar-refractivity contribution in [1.82, 2.24) is 9.97 Å². The first-order valence-electron chi connectivity index (χ1n) is 7.63. The number of aromatic nitrogens is 2. The van der Waals surface area contributed by atoms with Gasteiger partial charge in [0, 0.05) is 16.6 Å². The number of benzene rings is 1. The molecule has 1 aromatic heterocycles. The van der Waals surface area contributed by atoms with Gasteiger partial charge in [0.05, 0.1) is 6.04 Å². The summed E-state index contributed by atoms with van der Waals surface area (Å²) in [6, 6.07) is 9.35. The number of carbonyl (C=O) groups excluding carboxylic acids is 2. The fourth-order valence-electron chi connectivity index (χ4n) is 2.17. The lowest BCUT2D eigenvalue weighted by atomic mass is 10.3. The molecule has 1 N–H and O–H groups in total. The summed E-state index contributed by atoms with van der Waals surface area (Å²) >= 11 is 7.74. The highest BCUT2D eigenvalue weighted by molar-refractivity contribution is 7.99. The van der Waals surface area contributed by atoms with Gasteiger partial charge in [0.2, 0.25) is 0 Å². The van der Waals surface area contributed by atoms with Gasteiger partial charge in [0.15, 0.2) is 6.29 Å². The van der Waals surface area contributed by atoms with Crippen molar-refractivity contribution in [3.63, 3.8) is 0 Å². The Bertz CT molecular complexity index is 738. The van der Waals surface area contributed by atoms with E-state index < -0.39 is 6.04 Å². The third-order valence-corrected chi connectivity index (χ3v) is 5.11. The van der Waals surface area contributed by atoms with Crippen molar-refractivity contribution in [1.29, 1.82) is 0 Å². The lowest BCUT2D eigenvalue weighted by Gasteiger charge is -2.15. The van der Waals surface area contributed by atoms with Gasteiger partial charge in [-0.3, -0.25) is 4.79 Å².